The quantitative estimate of drug-likeness (QED) is 0.343. The van der Waals surface area contributed by atoms with Gasteiger partial charge in [0.25, 0.3) is 0 Å². The molecule has 0 atom stereocenters. The summed E-state index contributed by atoms with van der Waals surface area (Å²) < 4.78 is 32.6. The molecule has 0 aromatic heterocycles. The molecule has 0 aliphatic rings. The van der Waals surface area contributed by atoms with Crippen molar-refractivity contribution in [2.45, 2.75) is 13.3 Å². The van der Waals surface area contributed by atoms with Gasteiger partial charge >= 0.3 is 5.97 Å². The molecule has 0 heterocycles. The Kier molecular flexibility index (Phi) is 7.58. The monoisotopic (exact) mass is 484 g/mol. The summed E-state index contributed by atoms with van der Waals surface area (Å²) >= 11 is 0. The Bertz CT molecular complexity index is 1290. The topological polar surface area (TPSA) is 110 Å². The van der Waals surface area contributed by atoms with Crippen molar-refractivity contribution in [2.24, 2.45) is 0 Å². The van der Waals surface area contributed by atoms with Crippen LogP contribution < -0.4 is 23.7 Å². The maximum Gasteiger partial charge on any atom is 0.339 e. The third-order valence-electron chi connectivity index (χ3n) is 5.73. The molecular formula is C26H28O9. The van der Waals surface area contributed by atoms with Gasteiger partial charge in [-0.25, -0.2) is 4.79 Å². The zero-order chi connectivity index (χ0) is 25.9. The molecule has 0 unspecified atom stereocenters. The highest BCUT2D eigenvalue weighted by atomic mass is 16.5. The Balaban J connectivity index is 2.72. The van der Waals surface area contributed by atoms with E-state index < -0.39 is 17.5 Å². The molecule has 9 heteroatoms. The fourth-order valence-electron chi connectivity index (χ4n) is 4.13. The van der Waals surface area contributed by atoms with Gasteiger partial charge in [0.2, 0.25) is 5.75 Å². The first-order chi connectivity index (χ1) is 16.8. The normalized spacial score (nSPS) is 10.6. The van der Waals surface area contributed by atoms with Gasteiger partial charge in [0.05, 0.1) is 53.8 Å². The maximum atomic E-state index is 13.2. The minimum Gasteiger partial charge on any atom is -0.507 e. The van der Waals surface area contributed by atoms with Crippen molar-refractivity contribution in [2.75, 3.05) is 42.7 Å². The number of ether oxygens (including phenoxy) is 6. The minimum atomic E-state index is -0.805. The van der Waals surface area contributed by atoms with Gasteiger partial charge in [0, 0.05) is 22.8 Å². The smallest absolute Gasteiger partial charge is 0.339 e. The molecule has 0 bridgehead atoms. The predicted molar refractivity (Wildman–Crippen MR) is 130 cm³/mol. The number of carbonyl (C=O) groups is 2. The second-order valence-electron chi connectivity index (χ2n) is 7.38. The molecule has 35 heavy (non-hydrogen) atoms. The molecular weight excluding hydrogens is 456 g/mol. The molecule has 0 aliphatic carbocycles. The van der Waals surface area contributed by atoms with Crippen LogP contribution in [0.1, 0.15) is 34.1 Å². The van der Waals surface area contributed by atoms with Crippen molar-refractivity contribution >= 4 is 22.5 Å². The van der Waals surface area contributed by atoms with Gasteiger partial charge in [-0.05, 0) is 23.8 Å². The van der Waals surface area contributed by atoms with E-state index >= 15 is 0 Å². The summed E-state index contributed by atoms with van der Waals surface area (Å²) in [6.07, 6.45) is 0.0405. The summed E-state index contributed by atoms with van der Waals surface area (Å²) in [6, 6.07) is 6.57. The van der Waals surface area contributed by atoms with Crippen molar-refractivity contribution in [3.8, 4) is 45.6 Å². The molecule has 3 aromatic rings. The number of benzene rings is 3. The van der Waals surface area contributed by atoms with Crippen LogP contribution in [0, 0.1) is 0 Å². The highest BCUT2D eigenvalue weighted by Gasteiger charge is 2.32. The predicted octanol–water partition coefficient (Wildman–Crippen LogP) is 4.63. The number of Topliss-reactive ketones (excluding diaryl/α,β-unsaturated/α-hetero) is 1. The molecule has 3 aromatic carbocycles. The van der Waals surface area contributed by atoms with Crippen LogP contribution in [0.2, 0.25) is 0 Å². The Morgan fingerprint density at radius 1 is 0.771 bits per heavy atom. The number of carbonyl (C=O) groups excluding carboxylic acids is 2. The molecule has 3 rings (SSSR count). The van der Waals surface area contributed by atoms with Crippen LogP contribution in [0.5, 0.6) is 34.5 Å². The lowest BCUT2D eigenvalue weighted by molar-refractivity contribution is 0.0597. The average Bonchev–Trinajstić information content (AvgIpc) is 2.90. The number of methoxy groups -OCH3 is 6. The molecule has 0 saturated carbocycles. The average molecular weight is 485 g/mol. The third kappa shape index (κ3) is 4.14. The van der Waals surface area contributed by atoms with Gasteiger partial charge in [-0.15, -0.1) is 0 Å². The van der Waals surface area contributed by atoms with Gasteiger partial charge in [-0.3, -0.25) is 4.79 Å². The fraction of sp³-hybridized carbons (Fsp3) is 0.308. The summed E-state index contributed by atoms with van der Waals surface area (Å²) in [5.74, 6) is -0.0702. The van der Waals surface area contributed by atoms with E-state index in [1.54, 1.807) is 25.1 Å². The first kappa shape index (κ1) is 25.5. The van der Waals surface area contributed by atoms with Crippen LogP contribution in [-0.2, 0) is 4.74 Å². The van der Waals surface area contributed by atoms with Crippen LogP contribution in [0.15, 0.2) is 24.3 Å². The van der Waals surface area contributed by atoms with Crippen LogP contribution in [0.3, 0.4) is 0 Å². The fourth-order valence-corrected chi connectivity index (χ4v) is 4.13. The lowest BCUT2D eigenvalue weighted by Gasteiger charge is -2.22. The van der Waals surface area contributed by atoms with Crippen LogP contribution in [0.25, 0.3) is 21.9 Å². The molecule has 0 saturated heterocycles. The number of phenols is 1. The lowest BCUT2D eigenvalue weighted by Crippen LogP contribution is -2.13. The second-order valence-corrected chi connectivity index (χ2v) is 7.38. The number of rotatable bonds is 9. The van der Waals surface area contributed by atoms with Crippen LogP contribution >= 0.6 is 0 Å². The number of fused-ring (bicyclic) bond motifs is 1. The highest BCUT2D eigenvalue weighted by molar-refractivity contribution is 6.21. The zero-order valence-electron chi connectivity index (χ0n) is 20.7. The molecule has 0 spiro atoms. The van der Waals surface area contributed by atoms with E-state index in [1.165, 1.54) is 48.7 Å². The number of esters is 1. The molecule has 0 fully saturated rings. The first-order valence-electron chi connectivity index (χ1n) is 10.7. The van der Waals surface area contributed by atoms with Gasteiger partial charge < -0.3 is 33.5 Å². The van der Waals surface area contributed by atoms with E-state index in [2.05, 4.69) is 0 Å². The standard InChI is InChI=1S/C26H28O9/c1-8-15(27)21-22(26(29)35-7)19(13-9-10-16(30-2)17(11-13)31-3)20-14(23(21)28)12-18(32-4)24(33-5)25(20)34-6/h9-12,28H,8H2,1-7H3. The Morgan fingerprint density at radius 2 is 1.40 bits per heavy atom. The highest BCUT2D eigenvalue weighted by Crippen LogP contribution is 2.52. The SMILES string of the molecule is CCC(=O)c1c(C(=O)OC)c(-c2ccc(OC)c(OC)c2)c2c(OC)c(OC)c(OC)cc2c1O. The number of ketones is 1. The molecule has 9 nitrogen and oxygen atoms in total. The second kappa shape index (κ2) is 10.4. The van der Waals surface area contributed by atoms with Gasteiger partial charge in [0.15, 0.2) is 28.8 Å². The minimum absolute atomic E-state index is 0.0405. The van der Waals surface area contributed by atoms with Crippen molar-refractivity contribution < 1.29 is 43.1 Å². The van der Waals surface area contributed by atoms with E-state index in [-0.39, 0.29) is 40.2 Å². The van der Waals surface area contributed by atoms with Gasteiger partial charge in [-0.1, -0.05) is 13.0 Å². The van der Waals surface area contributed by atoms with Crippen molar-refractivity contribution in [1.82, 2.24) is 0 Å². The van der Waals surface area contributed by atoms with Crippen LogP contribution in [-0.4, -0.2) is 59.5 Å². The summed E-state index contributed by atoms with van der Waals surface area (Å²) in [4.78, 5) is 26.2. The Morgan fingerprint density at radius 3 is 1.91 bits per heavy atom. The van der Waals surface area contributed by atoms with E-state index in [0.29, 0.717) is 28.0 Å². The van der Waals surface area contributed by atoms with E-state index in [1.807, 2.05) is 0 Å². The van der Waals surface area contributed by atoms with E-state index in [0.717, 1.165) is 0 Å². The lowest BCUT2D eigenvalue weighted by atomic mass is 9.86. The van der Waals surface area contributed by atoms with E-state index in [9.17, 15) is 14.7 Å². The molecule has 0 amide bonds. The van der Waals surface area contributed by atoms with E-state index in [4.69, 9.17) is 28.4 Å². The van der Waals surface area contributed by atoms with Gasteiger partial charge in [0.1, 0.15) is 5.75 Å². The van der Waals surface area contributed by atoms with Gasteiger partial charge in [-0.2, -0.15) is 0 Å². The maximum absolute atomic E-state index is 13.2. The Labute approximate surface area is 203 Å². The summed E-state index contributed by atoms with van der Waals surface area (Å²) in [7, 11) is 8.50. The van der Waals surface area contributed by atoms with Crippen molar-refractivity contribution in [3.63, 3.8) is 0 Å². The summed E-state index contributed by atoms with van der Waals surface area (Å²) in [5, 5.41) is 11.9. The molecule has 186 valence electrons. The molecule has 1 N–H and O–H groups in total. The number of aromatic hydroxyl groups is 1. The zero-order valence-corrected chi connectivity index (χ0v) is 20.7. The Hall–Kier alpha value is -4.14. The van der Waals surface area contributed by atoms with Crippen LogP contribution in [0.4, 0.5) is 0 Å². The molecule has 0 radical (unpaired) electrons. The molecule has 0 aliphatic heterocycles. The third-order valence-corrected chi connectivity index (χ3v) is 5.73. The number of phenolic OH excluding ortho intramolecular Hbond substituents is 1. The number of hydrogen-bond acceptors (Lipinski definition) is 9. The first-order valence-corrected chi connectivity index (χ1v) is 10.7. The number of hydrogen-bond donors (Lipinski definition) is 1. The van der Waals surface area contributed by atoms with Crippen molar-refractivity contribution in [1.29, 1.82) is 0 Å². The summed E-state index contributed by atoms with van der Waals surface area (Å²) in [5.41, 5.74) is 0.511. The largest absolute Gasteiger partial charge is 0.507 e. The summed E-state index contributed by atoms with van der Waals surface area (Å²) in [6.45, 7) is 1.64. The van der Waals surface area contributed by atoms with Crippen molar-refractivity contribution in [3.05, 3.63) is 35.4 Å².